The van der Waals surface area contributed by atoms with Gasteiger partial charge in [-0.1, -0.05) is 0 Å². The molecule has 1 aromatic rings. The van der Waals surface area contributed by atoms with E-state index in [9.17, 15) is 4.79 Å². The van der Waals surface area contributed by atoms with Crippen LogP contribution in [0.25, 0.3) is 0 Å². The lowest BCUT2D eigenvalue weighted by Crippen LogP contribution is -2.30. The first-order valence-electron chi connectivity index (χ1n) is 5.76. The Morgan fingerprint density at radius 3 is 2.76 bits per heavy atom. The van der Waals surface area contributed by atoms with E-state index in [4.69, 9.17) is 5.11 Å². The van der Waals surface area contributed by atoms with Gasteiger partial charge >= 0.3 is 6.03 Å². The molecular formula is C11H20N4O2. The van der Waals surface area contributed by atoms with Crippen LogP contribution in [0.2, 0.25) is 0 Å². The number of aromatic nitrogens is 2. The molecule has 6 nitrogen and oxygen atoms in total. The highest BCUT2D eigenvalue weighted by atomic mass is 16.3. The Morgan fingerprint density at radius 1 is 1.53 bits per heavy atom. The molecule has 0 bridgehead atoms. The Bertz CT molecular complexity index is 360. The molecule has 0 saturated carbocycles. The standard InChI is InChI=1S/C11H20N4O2/c1-8(2)15-7-10(6-13-15)14-11(17)12-5-4-9(3)16/h6-9,16H,4-5H2,1-3H3,(H2,12,14,17). The lowest BCUT2D eigenvalue weighted by Gasteiger charge is -2.07. The van der Waals surface area contributed by atoms with E-state index in [-0.39, 0.29) is 12.1 Å². The van der Waals surface area contributed by atoms with Crippen LogP contribution in [0.15, 0.2) is 12.4 Å². The average molecular weight is 240 g/mol. The Labute approximate surface area is 101 Å². The molecule has 1 rings (SSSR count). The van der Waals surface area contributed by atoms with Crippen LogP contribution >= 0.6 is 0 Å². The third-order valence-electron chi connectivity index (χ3n) is 2.24. The highest BCUT2D eigenvalue weighted by molar-refractivity contribution is 5.88. The van der Waals surface area contributed by atoms with Crippen LogP contribution in [0.5, 0.6) is 0 Å². The molecular weight excluding hydrogens is 220 g/mol. The molecule has 0 aliphatic rings. The van der Waals surface area contributed by atoms with Crippen molar-refractivity contribution < 1.29 is 9.90 Å². The van der Waals surface area contributed by atoms with Gasteiger partial charge in [0.2, 0.25) is 0 Å². The molecule has 6 heteroatoms. The van der Waals surface area contributed by atoms with E-state index in [1.54, 1.807) is 24.0 Å². The summed E-state index contributed by atoms with van der Waals surface area (Å²) in [6, 6.07) is -0.0159. The van der Waals surface area contributed by atoms with Gasteiger partial charge in [0.25, 0.3) is 0 Å². The van der Waals surface area contributed by atoms with Gasteiger partial charge in [0.05, 0.1) is 18.0 Å². The Balaban J connectivity index is 2.34. The molecule has 1 heterocycles. The molecule has 1 unspecified atom stereocenters. The summed E-state index contributed by atoms with van der Waals surface area (Å²) >= 11 is 0. The van der Waals surface area contributed by atoms with E-state index in [0.29, 0.717) is 18.7 Å². The number of carbonyl (C=O) groups excluding carboxylic acids is 1. The summed E-state index contributed by atoms with van der Waals surface area (Å²) in [4.78, 5) is 11.4. The maximum Gasteiger partial charge on any atom is 0.319 e. The Morgan fingerprint density at radius 2 is 2.24 bits per heavy atom. The Hall–Kier alpha value is -1.56. The molecule has 17 heavy (non-hydrogen) atoms. The van der Waals surface area contributed by atoms with Crippen LogP contribution in [0.3, 0.4) is 0 Å². The topological polar surface area (TPSA) is 79.2 Å². The number of aliphatic hydroxyl groups is 1. The number of carbonyl (C=O) groups is 1. The van der Waals surface area contributed by atoms with Crippen molar-refractivity contribution >= 4 is 11.7 Å². The first-order valence-corrected chi connectivity index (χ1v) is 5.76. The first-order chi connectivity index (χ1) is 7.99. The maximum atomic E-state index is 11.4. The number of nitrogens with one attached hydrogen (secondary N) is 2. The molecule has 0 radical (unpaired) electrons. The van der Waals surface area contributed by atoms with Gasteiger partial charge < -0.3 is 15.7 Å². The SMILES string of the molecule is CC(O)CCNC(=O)Nc1cnn(C(C)C)c1. The second-order valence-corrected chi connectivity index (χ2v) is 4.32. The third-order valence-corrected chi connectivity index (χ3v) is 2.24. The number of hydrogen-bond donors (Lipinski definition) is 3. The molecule has 3 N–H and O–H groups in total. The minimum absolute atomic E-state index is 0.267. The predicted molar refractivity (Wildman–Crippen MR) is 65.9 cm³/mol. The van der Waals surface area contributed by atoms with Crippen molar-refractivity contribution in [1.29, 1.82) is 0 Å². The number of aliphatic hydroxyl groups excluding tert-OH is 1. The summed E-state index contributed by atoms with van der Waals surface area (Å²) in [7, 11) is 0. The molecule has 0 aromatic carbocycles. The smallest absolute Gasteiger partial charge is 0.319 e. The van der Waals surface area contributed by atoms with Gasteiger partial charge in [-0.05, 0) is 27.2 Å². The quantitative estimate of drug-likeness (QED) is 0.727. The lowest BCUT2D eigenvalue weighted by atomic mass is 10.3. The van der Waals surface area contributed by atoms with Crippen molar-refractivity contribution in [1.82, 2.24) is 15.1 Å². The molecule has 0 spiro atoms. The van der Waals surface area contributed by atoms with Crippen molar-refractivity contribution in [2.45, 2.75) is 39.3 Å². The second-order valence-electron chi connectivity index (χ2n) is 4.32. The van der Waals surface area contributed by atoms with Gasteiger partial charge in [0, 0.05) is 18.8 Å². The fourth-order valence-corrected chi connectivity index (χ4v) is 1.25. The van der Waals surface area contributed by atoms with E-state index in [1.165, 1.54) is 0 Å². The van der Waals surface area contributed by atoms with Crippen LogP contribution in [0, 0.1) is 0 Å². The molecule has 0 aliphatic heterocycles. The van der Waals surface area contributed by atoms with Gasteiger partial charge in [-0.15, -0.1) is 0 Å². The number of urea groups is 1. The van der Waals surface area contributed by atoms with Gasteiger partial charge in [-0.2, -0.15) is 5.10 Å². The van der Waals surface area contributed by atoms with E-state index < -0.39 is 6.10 Å². The average Bonchev–Trinajstić information content (AvgIpc) is 2.65. The van der Waals surface area contributed by atoms with Crippen molar-refractivity contribution in [3.05, 3.63) is 12.4 Å². The molecule has 96 valence electrons. The van der Waals surface area contributed by atoms with Crippen LogP contribution < -0.4 is 10.6 Å². The number of rotatable bonds is 5. The second kappa shape index (κ2) is 6.24. The summed E-state index contributed by atoms with van der Waals surface area (Å²) in [6.07, 6.45) is 3.52. The van der Waals surface area contributed by atoms with E-state index in [2.05, 4.69) is 15.7 Å². The largest absolute Gasteiger partial charge is 0.393 e. The van der Waals surface area contributed by atoms with Crippen molar-refractivity contribution in [3.63, 3.8) is 0 Å². The van der Waals surface area contributed by atoms with Crippen LogP contribution in [-0.2, 0) is 0 Å². The number of anilines is 1. The monoisotopic (exact) mass is 240 g/mol. The van der Waals surface area contributed by atoms with Gasteiger partial charge in [0.15, 0.2) is 0 Å². The zero-order valence-electron chi connectivity index (χ0n) is 10.5. The zero-order valence-corrected chi connectivity index (χ0v) is 10.5. The summed E-state index contributed by atoms with van der Waals surface area (Å²) < 4.78 is 1.77. The number of hydrogen-bond acceptors (Lipinski definition) is 3. The minimum Gasteiger partial charge on any atom is -0.393 e. The van der Waals surface area contributed by atoms with E-state index >= 15 is 0 Å². The van der Waals surface area contributed by atoms with Crippen molar-refractivity contribution in [2.24, 2.45) is 0 Å². The molecule has 1 aromatic heterocycles. The zero-order chi connectivity index (χ0) is 12.8. The fourth-order valence-electron chi connectivity index (χ4n) is 1.25. The fraction of sp³-hybridized carbons (Fsp3) is 0.636. The van der Waals surface area contributed by atoms with E-state index in [1.807, 2.05) is 13.8 Å². The number of nitrogens with zero attached hydrogens (tertiary/aromatic N) is 2. The third kappa shape index (κ3) is 4.86. The molecule has 0 aliphatic carbocycles. The Kier molecular flexibility index (Phi) is 4.96. The van der Waals surface area contributed by atoms with Crippen LogP contribution in [-0.4, -0.2) is 33.6 Å². The van der Waals surface area contributed by atoms with Crippen LogP contribution in [0.4, 0.5) is 10.5 Å². The van der Waals surface area contributed by atoms with Crippen molar-refractivity contribution in [2.75, 3.05) is 11.9 Å². The predicted octanol–water partition coefficient (Wildman–Crippen LogP) is 1.36. The van der Waals surface area contributed by atoms with E-state index in [0.717, 1.165) is 0 Å². The molecule has 0 saturated heterocycles. The highest BCUT2D eigenvalue weighted by Crippen LogP contribution is 2.09. The van der Waals surface area contributed by atoms with Crippen molar-refractivity contribution in [3.8, 4) is 0 Å². The van der Waals surface area contributed by atoms with Gasteiger partial charge in [-0.3, -0.25) is 4.68 Å². The number of amides is 2. The minimum atomic E-state index is -0.404. The molecule has 1 atom stereocenters. The summed E-state index contributed by atoms with van der Waals surface area (Å²) in [5.74, 6) is 0. The maximum absolute atomic E-state index is 11.4. The van der Waals surface area contributed by atoms with Gasteiger partial charge in [-0.25, -0.2) is 4.79 Å². The lowest BCUT2D eigenvalue weighted by molar-refractivity contribution is 0.184. The molecule has 2 amide bonds. The first kappa shape index (κ1) is 13.5. The summed E-state index contributed by atoms with van der Waals surface area (Å²) in [5, 5.41) is 18.5. The van der Waals surface area contributed by atoms with Gasteiger partial charge in [0.1, 0.15) is 0 Å². The summed E-state index contributed by atoms with van der Waals surface area (Å²) in [6.45, 7) is 6.16. The molecule has 0 fully saturated rings. The summed E-state index contributed by atoms with van der Waals surface area (Å²) in [5.41, 5.74) is 0.660. The van der Waals surface area contributed by atoms with Crippen LogP contribution in [0.1, 0.15) is 33.2 Å². The highest BCUT2D eigenvalue weighted by Gasteiger charge is 2.05. The normalized spacial score (nSPS) is 12.5.